The van der Waals surface area contributed by atoms with E-state index in [0.717, 1.165) is 16.9 Å². The average Bonchev–Trinajstić information content (AvgIpc) is 3.47. The van der Waals surface area contributed by atoms with Crippen molar-refractivity contribution in [1.82, 2.24) is 29.5 Å². The van der Waals surface area contributed by atoms with Crippen molar-refractivity contribution in [3.8, 4) is 23.0 Å². The van der Waals surface area contributed by atoms with Crippen molar-refractivity contribution in [2.45, 2.75) is 12.7 Å². The Kier molecular flexibility index (Phi) is 5.20. The minimum Gasteiger partial charge on any atom is -0.492 e. The molecule has 2 N–H and O–H groups in total. The van der Waals surface area contributed by atoms with Gasteiger partial charge < -0.3 is 10.2 Å². The van der Waals surface area contributed by atoms with Crippen molar-refractivity contribution in [3.05, 3.63) is 83.8 Å². The molecule has 0 aliphatic heterocycles. The maximum absolute atomic E-state index is 13.5. The second-order valence-electron chi connectivity index (χ2n) is 7.61. The van der Waals surface area contributed by atoms with E-state index in [-0.39, 0.29) is 34.7 Å². The van der Waals surface area contributed by atoms with Crippen molar-refractivity contribution in [2.24, 2.45) is 0 Å². The number of benzene rings is 2. The van der Waals surface area contributed by atoms with Crippen LogP contribution in [0.3, 0.4) is 0 Å². The summed E-state index contributed by atoms with van der Waals surface area (Å²) in [7, 11) is 0. The van der Waals surface area contributed by atoms with E-state index in [1.165, 1.54) is 29.2 Å². The number of aromatic hydroxyl groups is 1. The fourth-order valence-electron chi connectivity index (χ4n) is 3.72. The SMILES string of the molecule is O=C(O)c1cnn(-c2nc(O)c3c(cnn3Cc3cccc(-c4ccccc4C(F)(F)F)c3)n2)c1. The molecule has 5 aromatic rings. The van der Waals surface area contributed by atoms with Gasteiger partial charge in [0.15, 0.2) is 0 Å². The molecule has 0 saturated heterocycles. The fourth-order valence-corrected chi connectivity index (χ4v) is 3.72. The maximum Gasteiger partial charge on any atom is 0.417 e. The summed E-state index contributed by atoms with van der Waals surface area (Å²) in [5.41, 5.74) is 0.774. The Labute approximate surface area is 194 Å². The molecule has 35 heavy (non-hydrogen) atoms. The summed E-state index contributed by atoms with van der Waals surface area (Å²) in [6, 6.07) is 11.9. The highest BCUT2D eigenvalue weighted by Gasteiger charge is 2.33. The molecule has 0 saturated carbocycles. The summed E-state index contributed by atoms with van der Waals surface area (Å²) in [5, 5.41) is 27.7. The van der Waals surface area contributed by atoms with Crippen molar-refractivity contribution >= 4 is 17.0 Å². The zero-order chi connectivity index (χ0) is 24.7. The molecule has 0 fully saturated rings. The van der Waals surface area contributed by atoms with Crippen molar-refractivity contribution in [3.63, 3.8) is 0 Å². The first-order valence-electron chi connectivity index (χ1n) is 10.2. The lowest BCUT2D eigenvalue weighted by Crippen LogP contribution is -2.07. The smallest absolute Gasteiger partial charge is 0.417 e. The second-order valence-corrected chi connectivity index (χ2v) is 7.61. The Balaban J connectivity index is 1.49. The Hall–Kier alpha value is -4.74. The number of rotatable bonds is 5. The number of carbonyl (C=O) groups is 1. The molecular formula is C23H15F3N6O3. The van der Waals surface area contributed by atoms with Crippen LogP contribution in [0.4, 0.5) is 13.2 Å². The molecule has 2 aromatic carbocycles. The first-order valence-corrected chi connectivity index (χ1v) is 10.2. The number of aromatic carboxylic acids is 1. The largest absolute Gasteiger partial charge is 0.492 e. The third-order valence-corrected chi connectivity index (χ3v) is 5.30. The standard InChI is InChI=1S/C23H15F3N6O3/c24-23(25,26)17-7-2-1-6-16(17)14-5-3-4-13(8-14)11-31-19-18(10-28-31)29-22(30-20(19)33)32-12-15(9-27-32)21(34)35/h1-10,12H,11H2,(H,34,35)(H,29,30,33). The number of alkyl halides is 3. The lowest BCUT2D eigenvalue weighted by atomic mass is 9.98. The van der Waals surface area contributed by atoms with Gasteiger partial charge in [-0.15, -0.1) is 0 Å². The van der Waals surface area contributed by atoms with E-state index in [9.17, 15) is 23.1 Å². The van der Waals surface area contributed by atoms with E-state index in [1.54, 1.807) is 30.3 Å². The van der Waals surface area contributed by atoms with Crippen LogP contribution in [0.1, 0.15) is 21.5 Å². The van der Waals surface area contributed by atoms with Gasteiger partial charge in [-0.1, -0.05) is 36.4 Å². The van der Waals surface area contributed by atoms with Crippen LogP contribution in [0.15, 0.2) is 67.1 Å². The highest BCUT2D eigenvalue weighted by molar-refractivity contribution is 5.87. The third kappa shape index (κ3) is 4.16. The van der Waals surface area contributed by atoms with Gasteiger partial charge in [0, 0.05) is 6.20 Å². The van der Waals surface area contributed by atoms with Gasteiger partial charge in [-0.2, -0.15) is 28.4 Å². The molecule has 0 aliphatic rings. The number of hydrogen-bond donors (Lipinski definition) is 2. The molecular weight excluding hydrogens is 465 g/mol. The highest BCUT2D eigenvalue weighted by atomic mass is 19.4. The van der Waals surface area contributed by atoms with Crippen molar-refractivity contribution < 1.29 is 28.2 Å². The molecule has 0 aliphatic carbocycles. The molecule has 0 bridgehead atoms. The Morgan fingerprint density at radius 3 is 2.54 bits per heavy atom. The first kappa shape index (κ1) is 22.1. The first-order chi connectivity index (χ1) is 16.7. The number of fused-ring (bicyclic) bond motifs is 1. The molecule has 0 spiro atoms. The Bertz CT molecular complexity index is 1570. The zero-order valence-electron chi connectivity index (χ0n) is 17.7. The molecule has 176 valence electrons. The topological polar surface area (TPSA) is 119 Å². The normalized spacial score (nSPS) is 11.7. The number of carboxylic acids is 1. The molecule has 3 aromatic heterocycles. The Morgan fingerprint density at radius 2 is 1.80 bits per heavy atom. The van der Waals surface area contributed by atoms with E-state index in [0.29, 0.717) is 11.1 Å². The van der Waals surface area contributed by atoms with E-state index < -0.39 is 23.6 Å². The van der Waals surface area contributed by atoms with Crippen LogP contribution in [-0.4, -0.2) is 45.7 Å². The van der Waals surface area contributed by atoms with Gasteiger partial charge in [0.25, 0.3) is 5.95 Å². The lowest BCUT2D eigenvalue weighted by Gasteiger charge is -2.14. The monoisotopic (exact) mass is 480 g/mol. The Morgan fingerprint density at radius 1 is 1.00 bits per heavy atom. The molecule has 9 nitrogen and oxygen atoms in total. The second kappa shape index (κ2) is 8.24. The van der Waals surface area contributed by atoms with Gasteiger partial charge in [-0.25, -0.2) is 14.5 Å². The predicted octanol–water partition coefficient (Wildman–Crippen LogP) is 4.15. The van der Waals surface area contributed by atoms with Crippen LogP contribution in [-0.2, 0) is 12.7 Å². The number of aromatic nitrogens is 6. The molecule has 0 radical (unpaired) electrons. The van der Waals surface area contributed by atoms with Crippen LogP contribution in [0, 0.1) is 0 Å². The number of hydrogen-bond acceptors (Lipinski definition) is 6. The predicted molar refractivity (Wildman–Crippen MR) is 117 cm³/mol. The average molecular weight is 480 g/mol. The number of carboxylic acid groups (broad SMARTS) is 1. The van der Waals surface area contributed by atoms with Crippen molar-refractivity contribution in [1.29, 1.82) is 0 Å². The molecule has 3 heterocycles. The van der Waals surface area contributed by atoms with E-state index >= 15 is 0 Å². The molecule has 12 heteroatoms. The highest BCUT2D eigenvalue weighted by Crippen LogP contribution is 2.37. The fraction of sp³-hybridized carbons (Fsp3) is 0.0870. The summed E-state index contributed by atoms with van der Waals surface area (Å²) in [6.07, 6.45) is -0.770. The van der Waals surface area contributed by atoms with Crippen LogP contribution in [0.5, 0.6) is 5.88 Å². The van der Waals surface area contributed by atoms with Crippen LogP contribution < -0.4 is 0 Å². The van der Waals surface area contributed by atoms with Gasteiger partial charge in [0.05, 0.1) is 30.1 Å². The van der Waals surface area contributed by atoms with E-state index in [1.807, 2.05) is 0 Å². The number of halogens is 3. The van der Waals surface area contributed by atoms with Crippen LogP contribution >= 0.6 is 0 Å². The maximum atomic E-state index is 13.5. The molecule has 5 rings (SSSR count). The minimum absolute atomic E-state index is 0.0483. The number of nitrogens with zero attached hydrogens (tertiary/aromatic N) is 6. The lowest BCUT2D eigenvalue weighted by molar-refractivity contribution is -0.137. The van der Waals surface area contributed by atoms with Gasteiger partial charge >= 0.3 is 12.1 Å². The van der Waals surface area contributed by atoms with Gasteiger partial charge in [0.1, 0.15) is 11.0 Å². The van der Waals surface area contributed by atoms with Gasteiger partial charge in [0.2, 0.25) is 5.88 Å². The van der Waals surface area contributed by atoms with Crippen molar-refractivity contribution in [2.75, 3.05) is 0 Å². The van der Waals surface area contributed by atoms with Gasteiger partial charge in [-0.05, 0) is 28.8 Å². The summed E-state index contributed by atoms with van der Waals surface area (Å²) in [4.78, 5) is 19.3. The zero-order valence-corrected chi connectivity index (χ0v) is 17.7. The van der Waals surface area contributed by atoms with Gasteiger partial charge in [-0.3, -0.25) is 4.68 Å². The van der Waals surface area contributed by atoms with Crippen LogP contribution in [0.25, 0.3) is 28.1 Å². The van der Waals surface area contributed by atoms with E-state index in [2.05, 4.69) is 20.2 Å². The molecule has 0 amide bonds. The quantitative estimate of drug-likeness (QED) is 0.388. The summed E-state index contributed by atoms with van der Waals surface area (Å²) < 4.78 is 42.9. The van der Waals surface area contributed by atoms with E-state index in [4.69, 9.17) is 5.11 Å². The summed E-state index contributed by atoms with van der Waals surface area (Å²) in [5.74, 6) is -1.63. The summed E-state index contributed by atoms with van der Waals surface area (Å²) >= 11 is 0. The van der Waals surface area contributed by atoms with Crippen LogP contribution in [0.2, 0.25) is 0 Å². The molecule has 0 atom stereocenters. The molecule has 0 unspecified atom stereocenters. The summed E-state index contributed by atoms with van der Waals surface area (Å²) in [6.45, 7) is 0.132. The third-order valence-electron chi connectivity index (χ3n) is 5.30. The minimum atomic E-state index is -4.49.